The molecule has 2 bridgehead atoms. The van der Waals surface area contributed by atoms with Gasteiger partial charge in [0.1, 0.15) is 11.8 Å². The molecule has 0 radical (unpaired) electrons. The van der Waals surface area contributed by atoms with Crippen molar-refractivity contribution in [1.82, 2.24) is 4.90 Å². The molecule has 0 aliphatic carbocycles. The molecule has 2 saturated heterocycles. The van der Waals surface area contributed by atoms with Crippen LogP contribution in [0.3, 0.4) is 0 Å². The molecule has 0 aromatic carbocycles. The van der Waals surface area contributed by atoms with Crippen molar-refractivity contribution in [3.05, 3.63) is 0 Å². The molecule has 5 nitrogen and oxygen atoms in total. The topological polar surface area (TPSA) is 84.2 Å². The van der Waals surface area contributed by atoms with Gasteiger partial charge in [0.05, 0.1) is 12.2 Å². The standard InChI is InChI=1S/C8H15NO4/c1-9-5-2-4(10)3-8(9,13)7(12)6(5)11/h4-7,10-13H,2-3H2,1H3/t4?,5-,6?,7?,8-/m1/s1. The van der Waals surface area contributed by atoms with E-state index < -0.39 is 24.0 Å². The molecule has 3 unspecified atom stereocenters. The average Bonchev–Trinajstić information content (AvgIpc) is 2.20. The number of aliphatic hydroxyl groups is 4. The molecule has 13 heavy (non-hydrogen) atoms. The zero-order chi connectivity index (χ0) is 9.80. The van der Waals surface area contributed by atoms with E-state index in [-0.39, 0.29) is 12.5 Å². The second-order valence-electron chi connectivity index (χ2n) is 4.09. The van der Waals surface area contributed by atoms with Gasteiger partial charge in [-0.05, 0) is 13.5 Å². The van der Waals surface area contributed by atoms with E-state index in [1.807, 2.05) is 0 Å². The Morgan fingerprint density at radius 2 is 1.92 bits per heavy atom. The van der Waals surface area contributed by atoms with Crippen molar-refractivity contribution in [2.45, 2.75) is 42.9 Å². The Labute approximate surface area is 76.2 Å². The van der Waals surface area contributed by atoms with Crippen molar-refractivity contribution in [2.24, 2.45) is 0 Å². The molecule has 4 N–H and O–H groups in total. The third-order valence-corrected chi connectivity index (χ3v) is 3.35. The highest BCUT2D eigenvalue weighted by atomic mass is 16.4. The normalized spacial score (nSPS) is 57.0. The van der Waals surface area contributed by atoms with Gasteiger partial charge in [-0.2, -0.15) is 0 Å². The summed E-state index contributed by atoms with van der Waals surface area (Å²) in [5, 5.41) is 38.5. The minimum atomic E-state index is -1.46. The first-order chi connectivity index (χ1) is 5.97. The fourth-order valence-corrected chi connectivity index (χ4v) is 2.48. The first kappa shape index (κ1) is 9.36. The smallest absolute Gasteiger partial charge is 0.149 e. The number of piperidine rings is 1. The van der Waals surface area contributed by atoms with Crippen molar-refractivity contribution in [3.8, 4) is 0 Å². The molecule has 76 valence electrons. The zero-order valence-corrected chi connectivity index (χ0v) is 7.46. The largest absolute Gasteiger partial charge is 0.393 e. The summed E-state index contributed by atoms with van der Waals surface area (Å²) in [6.45, 7) is 0. The van der Waals surface area contributed by atoms with Crippen molar-refractivity contribution >= 4 is 0 Å². The lowest BCUT2D eigenvalue weighted by Crippen LogP contribution is -2.55. The molecule has 2 aliphatic rings. The third kappa shape index (κ3) is 1.05. The van der Waals surface area contributed by atoms with Gasteiger partial charge < -0.3 is 20.4 Å². The summed E-state index contributed by atoms with van der Waals surface area (Å²) in [4.78, 5) is 1.55. The van der Waals surface area contributed by atoms with Gasteiger partial charge in [0.2, 0.25) is 0 Å². The van der Waals surface area contributed by atoms with Gasteiger partial charge >= 0.3 is 0 Å². The van der Waals surface area contributed by atoms with Crippen LogP contribution in [0.15, 0.2) is 0 Å². The summed E-state index contributed by atoms with van der Waals surface area (Å²) in [7, 11) is 1.65. The first-order valence-corrected chi connectivity index (χ1v) is 4.46. The van der Waals surface area contributed by atoms with E-state index in [0.717, 1.165) is 0 Å². The van der Waals surface area contributed by atoms with Gasteiger partial charge in [-0.15, -0.1) is 0 Å². The lowest BCUT2D eigenvalue weighted by Gasteiger charge is -2.40. The Kier molecular flexibility index (Phi) is 1.91. The minimum absolute atomic E-state index is 0.0955. The minimum Gasteiger partial charge on any atom is -0.393 e. The molecular formula is C8H15NO4. The van der Waals surface area contributed by atoms with Crippen LogP contribution in [0.25, 0.3) is 0 Å². The molecule has 2 heterocycles. The third-order valence-electron chi connectivity index (χ3n) is 3.35. The number of hydrogen-bond donors (Lipinski definition) is 4. The van der Waals surface area contributed by atoms with Crippen LogP contribution in [0.5, 0.6) is 0 Å². The maximum absolute atomic E-state index is 9.96. The molecule has 0 aromatic heterocycles. The van der Waals surface area contributed by atoms with Crippen molar-refractivity contribution < 1.29 is 20.4 Å². The highest BCUT2D eigenvalue weighted by molar-refractivity contribution is 5.09. The van der Waals surface area contributed by atoms with E-state index in [2.05, 4.69) is 0 Å². The number of rotatable bonds is 0. The van der Waals surface area contributed by atoms with Crippen molar-refractivity contribution in [1.29, 1.82) is 0 Å². The summed E-state index contributed by atoms with van der Waals surface area (Å²) in [5.41, 5.74) is -1.46. The van der Waals surface area contributed by atoms with E-state index in [9.17, 15) is 20.4 Å². The molecule has 0 amide bonds. The fourth-order valence-electron chi connectivity index (χ4n) is 2.48. The van der Waals surface area contributed by atoms with Crippen LogP contribution in [0.2, 0.25) is 0 Å². The molecule has 0 saturated carbocycles. The average molecular weight is 189 g/mol. The molecule has 5 heteroatoms. The number of nitrogens with zero attached hydrogens (tertiary/aromatic N) is 1. The zero-order valence-electron chi connectivity index (χ0n) is 7.46. The van der Waals surface area contributed by atoms with E-state index in [1.54, 1.807) is 11.9 Å². The van der Waals surface area contributed by atoms with Crippen molar-refractivity contribution in [3.63, 3.8) is 0 Å². The summed E-state index contributed by atoms with van der Waals surface area (Å²) in [6.07, 6.45) is -2.29. The molecule has 2 rings (SSSR count). The maximum atomic E-state index is 9.96. The number of hydrogen-bond acceptors (Lipinski definition) is 5. The van der Waals surface area contributed by atoms with Gasteiger partial charge in [-0.25, -0.2) is 0 Å². The molecule has 0 aromatic rings. The predicted molar refractivity (Wildman–Crippen MR) is 43.8 cm³/mol. The Morgan fingerprint density at radius 1 is 1.31 bits per heavy atom. The highest BCUT2D eigenvalue weighted by Crippen LogP contribution is 2.41. The van der Waals surface area contributed by atoms with Crippen LogP contribution in [0, 0.1) is 0 Å². The van der Waals surface area contributed by atoms with Crippen LogP contribution >= 0.6 is 0 Å². The van der Waals surface area contributed by atoms with Crippen LogP contribution in [0.4, 0.5) is 0 Å². The highest BCUT2D eigenvalue weighted by Gasteiger charge is 2.59. The van der Waals surface area contributed by atoms with Crippen LogP contribution < -0.4 is 0 Å². The summed E-state index contributed by atoms with van der Waals surface area (Å²) in [5.74, 6) is 0. The number of likely N-dealkylation sites (N-methyl/N-ethyl adjacent to an activating group) is 1. The van der Waals surface area contributed by atoms with E-state index in [0.29, 0.717) is 6.42 Å². The second-order valence-corrected chi connectivity index (χ2v) is 4.09. The second kappa shape index (κ2) is 2.65. The Morgan fingerprint density at radius 3 is 2.46 bits per heavy atom. The maximum Gasteiger partial charge on any atom is 0.149 e. The van der Waals surface area contributed by atoms with Gasteiger partial charge in [0.25, 0.3) is 0 Å². The van der Waals surface area contributed by atoms with E-state index >= 15 is 0 Å². The monoisotopic (exact) mass is 189 g/mol. The molecule has 5 atom stereocenters. The number of fused-ring (bicyclic) bond motifs is 2. The summed E-state index contributed by atoms with van der Waals surface area (Å²) < 4.78 is 0. The SMILES string of the molecule is CN1[C@@H]2CC(O)C[C@@]1(O)C(O)C2O. The lowest BCUT2D eigenvalue weighted by atomic mass is 9.97. The Bertz CT molecular complexity index is 218. The van der Waals surface area contributed by atoms with Crippen LogP contribution in [0.1, 0.15) is 12.8 Å². The first-order valence-electron chi connectivity index (χ1n) is 4.46. The lowest BCUT2D eigenvalue weighted by molar-refractivity contribution is -0.178. The molecule has 2 fully saturated rings. The van der Waals surface area contributed by atoms with Gasteiger partial charge in [-0.1, -0.05) is 0 Å². The summed E-state index contributed by atoms with van der Waals surface area (Å²) in [6, 6.07) is -0.344. The number of aliphatic hydroxyl groups excluding tert-OH is 3. The Hall–Kier alpha value is -0.200. The molecular weight excluding hydrogens is 174 g/mol. The Balaban J connectivity index is 2.33. The van der Waals surface area contributed by atoms with E-state index in [4.69, 9.17) is 0 Å². The van der Waals surface area contributed by atoms with Crippen LogP contribution in [-0.4, -0.2) is 62.5 Å². The predicted octanol–water partition coefficient (Wildman–Crippen LogP) is -2.13. The van der Waals surface area contributed by atoms with E-state index in [1.165, 1.54) is 0 Å². The van der Waals surface area contributed by atoms with Gasteiger partial charge in [0, 0.05) is 12.5 Å². The molecule has 2 aliphatic heterocycles. The molecule has 0 spiro atoms. The quantitative estimate of drug-likeness (QED) is 0.350. The van der Waals surface area contributed by atoms with Crippen LogP contribution in [-0.2, 0) is 0 Å². The fraction of sp³-hybridized carbons (Fsp3) is 1.00. The van der Waals surface area contributed by atoms with Crippen molar-refractivity contribution in [2.75, 3.05) is 7.05 Å². The summed E-state index contributed by atoms with van der Waals surface area (Å²) >= 11 is 0. The van der Waals surface area contributed by atoms with Gasteiger partial charge in [-0.3, -0.25) is 4.90 Å². The van der Waals surface area contributed by atoms with Gasteiger partial charge in [0.15, 0.2) is 0 Å².